The first-order valence-corrected chi connectivity index (χ1v) is 6.13. The smallest absolute Gasteiger partial charge is 0.408 e. The molecule has 0 aliphatic carbocycles. The quantitative estimate of drug-likeness (QED) is 0.802. The van der Waals surface area contributed by atoms with Crippen molar-refractivity contribution < 1.29 is 9.53 Å². The summed E-state index contributed by atoms with van der Waals surface area (Å²) >= 11 is 0. The van der Waals surface area contributed by atoms with Crippen LogP contribution in [0.1, 0.15) is 19.5 Å². The maximum atomic E-state index is 11.6. The Kier molecular flexibility index (Phi) is 5.58. The number of amides is 1. The molecule has 0 fully saturated rings. The van der Waals surface area contributed by atoms with Crippen LogP contribution in [0.15, 0.2) is 18.3 Å². The van der Waals surface area contributed by atoms with Crippen molar-refractivity contribution in [2.75, 3.05) is 27.2 Å². The van der Waals surface area contributed by atoms with Crippen LogP contribution in [0, 0.1) is 0 Å². The third kappa shape index (κ3) is 4.00. The van der Waals surface area contributed by atoms with E-state index in [1.807, 2.05) is 0 Å². The first-order chi connectivity index (χ1) is 8.58. The molecule has 0 aliphatic rings. The molecule has 5 nitrogen and oxygen atoms in total. The van der Waals surface area contributed by atoms with E-state index < -0.39 is 0 Å². The number of carbonyl (C=O) groups excluding carboxylic acids is 1. The number of nitrogens with zero attached hydrogens (tertiary/aromatic N) is 3. The average Bonchev–Trinajstić information content (AvgIpc) is 2.37. The maximum absolute atomic E-state index is 11.6. The lowest BCUT2D eigenvalue weighted by Gasteiger charge is -2.19. The van der Waals surface area contributed by atoms with Crippen LogP contribution < -0.4 is 4.74 Å². The van der Waals surface area contributed by atoms with E-state index in [0.29, 0.717) is 12.3 Å². The maximum Gasteiger partial charge on any atom is 0.414 e. The second-order valence-corrected chi connectivity index (χ2v) is 4.17. The van der Waals surface area contributed by atoms with Crippen molar-refractivity contribution in [2.24, 2.45) is 0 Å². The van der Waals surface area contributed by atoms with Gasteiger partial charge in [0.2, 0.25) is 0 Å². The molecule has 0 unspecified atom stereocenters. The number of carbonyl (C=O) groups is 1. The van der Waals surface area contributed by atoms with Crippen LogP contribution in [-0.4, -0.2) is 48.1 Å². The number of pyridine rings is 1. The molecule has 1 heterocycles. The van der Waals surface area contributed by atoms with Crippen molar-refractivity contribution in [3.63, 3.8) is 0 Å². The van der Waals surface area contributed by atoms with Crippen molar-refractivity contribution in [3.05, 3.63) is 24.0 Å². The molecular formula is C13H21N3O2. The summed E-state index contributed by atoms with van der Waals surface area (Å²) in [5, 5.41) is 0. The highest BCUT2D eigenvalue weighted by molar-refractivity contribution is 5.70. The van der Waals surface area contributed by atoms with Crippen molar-refractivity contribution in [1.82, 2.24) is 14.8 Å². The summed E-state index contributed by atoms with van der Waals surface area (Å²) in [5.41, 5.74) is 0.788. The molecule has 0 N–H and O–H groups in total. The van der Waals surface area contributed by atoms with Crippen LogP contribution in [0.3, 0.4) is 0 Å². The van der Waals surface area contributed by atoms with Crippen molar-refractivity contribution in [1.29, 1.82) is 0 Å². The first-order valence-electron chi connectivity index (χ1n) is 6.13. The van der Waals surface area contributed by atoms with E-state index in [1.54, 1.807) is 32.4 Å². The van der Waals surface area contributed by atoms with Gasteiger partial charge in [0.1, 0.15) is 0 Å². The van der Waals surface area contributed by atoms with Crippen LogP contribution in [0.4, 0.5) is 4.79 Å². The zero-order valence-electron chi connectivity index (χ0n) is 11.5. The zero-order valence-corrected chi connectivity index (χ0v) is 11.5. The fraction of sp³-hybridized carbons (Fsp3) is 0.538. The number of rotatable bonds is 5. The molecule has 100 valence electrons. The lowest BCUT2D eigenvalue weighted by molar-refractivity contribution is 0.170. The van der Waals surface area contributed by atoms with Gasteiger partial charge in [0, 0.05) is 26.8 Å². The van der Waals surface area contributed by atoms with Gasteiger partial charge in [-0.15, -0.1) is 0 Å². The van der Waals surface area contributed by atoms with E-state index in [9.17, 15) is 4.79 Å². The highest BCUT2D eigenvalue weighted by Gasteiger charge is 2.13. The van der Waals surface area contributed by atoms with Crippen molar-refractivity contribution in [3.8, 4) is 5.75 Å². The molecule has 0 bridgehead atoms. The lowest BCUT2D eigenvalue weighted by Crippen LogP contribution is -2.27. The van der Waals surface area contributed by atoms with Gasteiger partial charge in [0.25, 0.3) is 0 Å². The van der Waals surface area contributed by atoms with E-state index in [0.717, 1.165) is 18.8 Å². The van der Waals surface area contributed by atoms with Gasteiger partial charge in [-0.25, -0.2) is 4.79 Å². The zero-order chi connectivity index (χ0) is 13.5. The SMILES string of the molecule is CCN(CC)Cc1ncccc1OC(=O)N(C)C. The van der Waals surface area contributed by atoms with E-state index >= 15 is 0 Å². The molecule has 1 amide bonds. The predicted molar refractivity (Wildman–Crippen MR) is 70.6 cm³/mol. The highest BCUT2D eigenvalue weighted by Crippen LogP contribution is 2.17. The Bertz CT molecular complexity index is 390. The molecular weight excluding hydrogens is 230 g/mol. The molecule has 1 aromatic rings. The highest BCUT2D eigenvalue weighted by atomic mass is 16.6. The number of hydrogen-bond acceptors (Lipinski definition) is 4. The Labute approximate surface area is 108 Å². The topological polar surface area (TPSA) is 45.7 Å². The van der Waals surface area contributed by atoms with E-state index in [-0.39, 0.29) is 6.09 Å². The standard InChI is InChI=1S/C13H21N3O2/c1-5-16(6-2)10-11-12(8-7-9-14-11)18-13(17)15(3)4/h7-9H,5-6,10H2,1-4H3. The Morgan fingerprint density at radius 2 is 2.00 bits per heavy atom. The molecule has 1 aromatic heterocycles. The van der Waals surface area contributed by atoms with Crippen LogP contribution in [-0.2, 0) is 6.54 Å². The summed E-state index contributed by atoms with van der Waals surface area (Å²) in [6.07, 6.45) is 1.33. The second kappa shape index (κ2) is 6.96. The van der Waals surface area contributed by atoms with Gasteiger partial charge in [-0.3, -0.25) is 9.88 Å². The summed E-state index contributed by atoms with van der Waals surface area (Å²) in [6, 6.07) is 3.54. The third-order valence-electron chi connectivity index (χ3n) is 2.68. The molecule has 0 saturated carbocycles. The summed E-state index contributed by atoms with van der Waals surface area (Å²) in [5.74, 6) is 0.531. The van der Waals surface area contributed by atoms with Crippen molar-refractivity contribution >= 4 is 6.09 Å². The first kappa shape index (κ1) is 14.4. The summed E-state index contributed by atoms with van der Waals surface area (Å²) < 4.78 is 5.29. The minimum Gasteiger partial charge on any atom is -0.408 e. The van der Waals surface area contributed by atoms with E-state index in [4.69, 9.17) is 4.74 Å². The number of ether oxygens (including phenoxy) is 1. The number of aromatic nitrogens is 1. The third-order valence-corrected chi connectivity index (χ3v) is 2.68. The van der Waals surface area contributed by atoms with Gasteiger partial charge in [-0.2, -0.15) is 0 Å². The van der Waals surface area contributed by atoms with Gasteiger partial charge in [0.15, 0.2) is 5.75 Å². The molecule has 0 radical (unpaired) electrons. The fourth-order valence-corrected chi connectivity index (χ4v) is 1.48. The largest absolute Gasteiger partial charge is 0.414 e. The molecule has 0 aromatic carbocycles. The minimum absolute atomic E-state index is 0.385. The van der Waals surface area contributed by atoms with Gasteiger partial charge >= 0.3 is 6.09 Å². The number of hydrogen-bond donors (Lipinski definition) is 0. The van der Waals surface area contributed by atoms with Crippen LogP contribution in [0.25, 0.3) is 0 Å². The Morgan fingerprint density at radius 3 is 2.56 bits per heavy atom. The second-order valence-electron chi connectivity index (χ2n) is 4.17. The fourth-order valence-electron chi connectivity index (χ4n) is 1.48. The average molecular weight is 251 g/mol. The normalized spacial score (nSPS) is 10.5. The van der Waals surface area contributed by atoms with E-state index in [2.05, 4.69) is 23.7 Å². The summed E-state index contributed by atoms with van der Waals surface area (Å²) in [6.45, 7) is 6.75. The Balaban J connectivity index is 2.82. The molecule has 0 saturated heterocycles. The summed E-state index contributed by atoms with van der Waals surface area (Å²) in [7, 11) is 3.31. The molecule has 0 atom stereocenters. The lowest BCUT2D eigenvalue weighted by atomic mass is 10.3. The molecule has 18 heavy (non-hydrogen) atoms. The molecule has 0 aliphatic heterocycles. The van der Waals surface area contributed by atoms with Crippen molar-refractivity contribution in [2.45, 2.75) is 20.4 Å². The van der Waals surface area contributed by atoms with Crippen LogP contribution in [0.5, 0.6) is 5.75 Å². The molecule has 1 rings (SSSR count). The monoisotopic (exact) mass is 251 g/mol. The van der Waals surface area contributed by atoms with Gasteiger partial charge in [-0.05, 0) is 25.2 Å². The Morgan fingerprint density at radius 1 is 1.33 bits per heavy atom. The predicted octanol–water partition coefficient (Wildman–Crippen LogP) is 1.98. The van der Waals surface area contributed by atoms with Gasteiger partial charge < -0.3 is 9.64 Å². The van der Waals surface area contributed by atoms with Crippen LogP contribution >= 0.6 is 0 Å². The molecule has 0 spiro atoms. The van der Waals surface area contributed by atoms with Crippen LogP contribution in [0.2, 0.25) is 0 Å². The summed E-state index contributed by atoms with van der Waals surface area (Å²) in [4.78, 5) is 19.5. The molecule has 5 heteroatoms. The minimum atomic E-state index is -0.385. The van der Waals surface area contributed by atoms with Gasteiger partial charge in [-0.1, -0.05) is 13.8 Å². The van der Waals surface area contributed by atoms with Gasteiger partial charge in [0.05, 0.1) is 5.69 Å². The Hall–Kier alpha value is -1.62. The van der Waals surface area contributed by atoms with E-state index in [1.165, 1.54) is 4.90 Å².